The first-order valence-electron chi connectivity index (χ1n) is 4.61. The molecule has 0 aliphatic heterocycles. The molecule has 0 radical (unpaired) electrons. The lowest BCUT2D eigenvalue weighted by molar-refractivity contribution is 0.411. The van der Waals surface area contributed by atoms with Gasteiger partial charge >= 0.3 is 0 Å². The van der Waals surface area contributed by atoms with Crippen LogP contribution in [0, 0.1) is 0 Å². The van der Waals surface area contributed by atoms with E-state index in [0.29, 0.717) is 15.9 Å². The van der Waals surface area contributed by atoms with Crippen molar-refractivity contribution in [1.29, 1.82) is 0 Å². The van der Waals surface area contributed by atoms with Gasteiger partial charge < -0.3 is 4.74 Å². The van der Waals surface area contributed by atoms with Crippen LogP contribution in [0.2, 0.25) is 0 Å². The van der Waals surface area contributed by atoms with Crippen molar-refractivity contribution in [2.45, 2.75) is 0 Å². The lowest BCUT2D eigenvalue weighted by Gasteiger charge is -2.08. The normalized spacial score (nSPS) is 10.1. The molecule has 0 bridgehead atoms. The Balaban J connectivity index is 2.68. The molecule has 0 spiro atoms. The lowest BCUT2D eigenvalue weighted by atomic mass is 10.3. The fraction of sp³-hybridized carbons (Fsp3) is 0.0909. The molecule has 16 heavy (non-hydrogen) atoms. The number of ether oxygens (including phenoxy) is 1. The minimum Gasteiger partial charge on any atom is -0.494 e. The van der Waals surface area contributed by atoms with Crippen molar-refractivity contribution in [2.24, 2.45) is 0 Å². The highest BCUT2D eigenvalue weighted by atomic mass is 79.9. The van der Waals surface area contributed by atoms with Gasteiger partial charge in [0.25, 0.3) is 5.56 Å². The first-order valence-corrected chi connectivity index (χ1v) is 5.40. The number of benzene rings is 1. The highest BCUT2D eigenvalue weighted by Gasteiger charge is 2.08. The summed E-state index contributed by atoms with van der Waals surface area (Å²) in [6.45, 7) is 0. The molecule has 0 atom stereocenters. The predicted molar refractivity (Wildman–Crippen MR) is 64.1 cm³/mol. The molecule has 2 aromatic rings. The van der Waals surface area contributed by atoms with E-state index in [1.807, 2.05) is 12.1 Å². The van der Waals surface area contributed by atoms with Crippen LogP contribution in [0.15, 0.2) is 45.8 Å². The van der Waals surface area contributed by atoms with Gasteiger partial charge in [-0.05, 0) is 34.1 Å². The standard InChI is InChI=1S/C11H9BrN2O2/c1-16-10-5-3-2-4-9(10)14-11(15)8(12)6-7-13-14/h2-7H,1H3. The maximum atomic E-state index is 11.8. The first kappa shape index (κ1) is 10.9. The van der Waals surface area contributed by atoms with Crippen LogP contribution in [0.25, 0.3) is 5.69 Å². The topological polar surface area (TPSA) is 44.1 Å². The molecular weight excluding hydrogens is 272 g/mol. The number of para-hydroxylation sites is 2. The zero-order valence-electron chi connectivity index (χ0n) is 8.55. The molecule has 1 heterocycles. The SMILES string of the molecule is COc1ccccc1-n1nccc(Br)c1=O. The number of aromatic nitrogens is 2. The Morgan fingerprint density at radius 1 is 1.31 bits per heavy atom. The minimum absolute atomic E-state index is 0.216. The van der Waals surface area contributed by atoms with Gasteiger partial charge in [-0.3, -0.25) is 4.79 Å². The highest BCUT2D eigenvalue weighted by Crippen LogP contribution is 2.19. The zero-order chi connectivity index (χ0) is 11.5. The van der Waals surface area contributed by atoms with Gasteiger partial charge in [-0.15, -0.1) is 0 Å². The average molecular weight is 281 g/mol. The Bertz CT molecular complexity index is 566. The van der Waals surface area contributed by atoms with Gasteiger partial charge in [0.2, 0.25) is 0 Å². The number of hydrogen-bond donors (Lipinski definition) is 0. The van der Waals surface area contributed by atoms with E-state index in [1.54, 1.807) is 31.5 Å². The molecule has 82 valence electrons. The van der Waals surface area contributed by atoms with Crippen LogP contribution in [-0.4, -0.2) is 16.9 Å². The molecule has 4 nitrogen and oxygen atoms in total. The summed E-state index contributed by atoms with van der Waals surface area (Å²) < 4.78 is 6.94. The van der Waals surface area contributed by atoms with Crippen LogP contribution in [0.3, 0.4) is 0 Å². The lowest BCUT2D eigenvalue weighted by Crippen LogP contribution is -2.21. The van der Waals surface area contributed by atoms with Crippen LogP contribution in [0.4, 0.5) is 0 Å². The molecule has 1 aromatic carbocycles. The van der Waals surface area contributed by atoms with Gasteiger partial charge in [-0.2, -0.15) is 9.78 Å². The van der Waals surface area contributed by atoms with E-state index in [-0.39, 0.29) is 5.56 Å². The maximum Gasteiger partial charge on any atom is 0.285 e. The van der Waals surface area contributed by atoms with Crippen LogP contribution in [0.1, 0.15) is 0 Å². The Morgan fingerprint density at radius 3 is 2.81 bits per heavy atom. The second-order valence-corrected chi connectivity index (χ2v) is 3.92. The van der Waals surface area contributed by atoms with Crippen molar-refractivity contribution in [2.75, 3.05) is 7.11 Å². The molecule has 0 amide bonds. The number of halogens is 1. The quantitative estimate of drug-likeness (QED) is 0.845. The highest BCUT2D eigenvalue weighted by molar-refractivity contribution is 9.10. The smallest absolute Gasteiger partial charge is 0.285 e. The second kappa shape index (κ2) is 4.49. The summed E-state index contributed by atoms with van der Waals surface area (Å²) in [4.78, 5) is 11.8. The molecule has 1 aromatic heterocycles. The number of rotatable bonds is 2. The van der Waals surface area contributed by atoms with Gasteiger partial charge in [-0.1, -0.05) is 12.1 Å². The maximum absolute atomic E-state index is 11.8. The van der Waals surface area contributed by atoms with E-state index >= 15 is 0 Å². The van der Waals surface area contributed by atoms with E-state index in [0.717, 1.165) is 0 Å². The Kier molecular flexibility index (Phi) is 3.05. The monoisotopic (exact) mass is 280 g/mol. The van der Waals surface area contributed by atoms with Gasteiger partial charge in [0.15, 0.2) is 0 Å². The van der Waals surface area contributed by atoms with Crippen LogP contribution in [0.5, 0.6) is 5.75 Å². The van der Waals surface area contributed by atoms with E-state index in [2.05, 4.69) is 21.0 Å². The molecule has 0 saturated heterocycles. The van der Waals surface area contributed by atoms with E-state index in [9.17, 15) is 4.79 Å². The summed E-state index contributed by atoms with van der Waals surface area (Å²) >= 11 is 3.18. The summed E-state index contributed by atoms with van der Waals surface area (Å²) in [7, 11) is 1.56. The van der Waals surface area contributed by atoms with Gasteiger partial charge in [0.05, 0.1) is 11.6 Å². The third-order valence-corrected chi connectivity index (χ3v) is 2.72. The van der Waals surface area contributed by atoms with Crippen molar-refractivity contribution < 1.29 is 4.74 Å². The Morgan fingerprint density at radius 2 is 2.06 bits per heavy atom. The van der Waals surface area contributed by atoms with Crippen molar-refractivity contribution >= 4 is 15.9 Å². The fourth-order valence-electron chi connectivity index (χ4n) is 1.37. The van der Waals surface area contributed by atoms with Gasteiger partial charge in [0, 0.05) is 6.20 Å². The van der Waals surface area contributed by atoms with E-state index in [4.69, 9.17) is 4.74 Å². The first-order chi connectivity index (χ1) is 7.74. The summed E-state index contributed by atoms with van der Waals surface area (Å²) in [6, 6.07) is 8.83. The summed E-state index contributed by atoms with van der Waals surface area (Å²) in [5.74, 6) is 0.607. The number of hydrogen-bond acceptors (Lipinski definition) is 3. The van der Waals surface area contributed by atoms with Crippen LogP contribution >= 0.6 is 15.9 Å². The minimum atomic E-state index is -0.216. The third kappa shape index (κ3) is 1.86. The Labute approximate surface area is 101 Å². The Hall–Kier alpha value is -1.62. The van der Waals surface area contributed by atoms with Gasteiger partial charge in [-0.25, -0.2) is 0 Å². The van der Waals surface area contributed by atoms with Crippen molar-refractivity contribution in [3.8, 4) is 11.4 Å². The largest absolute Gasteiger partial charge is 0.494 e. The number of nitrogens with zero attached hydrogens (tertiary/aromatic N) is 2. The van der Waals surface area contributed by atoms with E-state index < -0.39 is 0 Å². The molecule has 0 aliphatic rings. The van der Waals surface area contributed by atoms with Crippen molar-refractivity contribution in [1.82, 2.24) is 9.78 Å². The molecule has 0 unspecified atom stereocenters. The molecular formula is C11H9BrN2O2. The van der Waals surface area contributed by atoms with E-state index in [1.165, 1.54) is 4.68 Å². The summed E-state index contributed by atoms with van der Waals surface area (Å²) in [6.07, 6.45) is 1.55. The number of methoxy groups -OCH3 is 1. The summed E-state index contributed by atoms with van der Waals surface area (Å²) in [5, 5.41) is 4.01. The fourth-order valence-corrected chi connectivity index (χ4v) is 1.65. The van der Waals surface area contributed by atoms with Crippen LogP contribution < -0.4 is 10.3 Å². The predicted octanol–water partition coefficient (Wildman–Crippen LogP) is 2.00. The van der Waals surface area contributed by atoms with Crippen molar-refractivity contribution in [3.05, 3.63) is 51.4 Å². The third-order valence-electron chi connectivity index (χ3n) is 2.11. The molecule has 2 rings (SSSR count). The second-order valence-electron chi connectivity index (χ2n) is 3.07. The van der Waals surface area contributed by atoms with Crippen molar-refractivity contribution in [3.63, 3.8) is 0 Å². The van der Waals surface area contributed by atoms with Crippen LogP contribution in [-0.2, 0) is 0 Å². The molecule has 0 fully saturated rings. The van der Waals surface area contributed by atoms with Gasteiger partial charge in [0.1, 0.15) is 11.4 Å². The summed E-state index contributed by atoms with van der Waals surface area (Å²) in [5.41, 5.74) is 0.406. The molecule has 0 saturated carbocycles. The molecule has 0 aliphatic carbocycles. The average Bonchev–Trinajstić information content (AvgIpc) is 2.33. The molecule has 5 heteroatoms. The zero-order valence-corrected chi connectivity index (χ0v) is 10.1. The molecule has 0 N–H and O–H groups in total.